The van der Waals surface area contributed by atoms with Crippen molar-refractivity contribution in [2.45, 2.75) is 76.4 Å². The van der Waals surface area contributed by atoms with Crippen LogP contribution in [0.25, 0.3) is 0 Å². The van der Waals surface area contributed by atoms with Gasteiger partial charge in [-0.15, -0.1) is 0 Å². The van der Waals surface area contributed by atoms with Gasteiger partial charge in [0, 0.05) is 37.7 Å². The van der Waals surface area contributed by atoms with Crippen molar-refractivity contribution in [2.75, 3.05) is 13.7 Å². The number of methoxy groups -OCH3 is 1. The number of amides is 2. The molecule has 0 spiro atoms. The third-order valence-electron chi connectivity index (χ3n) is 7.95. The molecular weight excluding hydrogens is 489 g/mol. The summed E-state index contributed by atoms with van der Waals surface area (Å²) < 4.78 is 50.8. The van der Waals surface area contributed by atoms with Gasteiger partial charge in [-0.2, -0.15) is 13.2 Å². The Balaban J connectivity index is 1.51. The van der Waals surface area contributed by atoms with E-state index in [0.717, 1.165) is 0 Å². The second-order valence-corrected chi connectivity index (χ2v) is 10.8. The Bertz CT molecular complexity index is 1060. The van der Waals surface area contributed by atoms with E-state index in [4.69, 9.17) is 15.2 Å². The van der Waals surface area contributed by atoms with Gasteiger partial charge >= 0.3 is 6.18 Å². The fourth-order valence-electron chi connectivity index (χ4n) is 5.31. The third kappa shape index (κ3) is 5.56. The molecule has 8 nitrogen and oxygen atoms in total. The van der Waals surface area contributed by atoms with Gasteiger partial charge in [-0.05, 0) is 37.7 Å². The molecule has 0 saturated heterocycles. The lowest BCUT2D eigenvalue weighted by atomic mass is 9.84. The van der Waals surface area contributed by atoms with Gasteiger partial charge in [0.25, 0.3) is 0 Å². The number of rotatable bonds is 8. The molecule has 1 aromatic carbocycles. The van der Waals surface area contributed by atoms with Crippen molar-refractivity contribution < 1.29 is 32.2 Å². The Morgan fingerprint density at radius 1 is 1.32 bits per heavy atom. The maximum Gasteiger partial charge on any atom is 0.425 e. The topological polar surface area (TPSA) is 106 Å². The predicted octanol–water partition coefficient (Wildman–Crippen LogP) is 3.56. The minimum Gasteiger partial charge on any atom is -0.480 e. The Hall–Kier alpha value is -2.82. The molecule has 1 aliphatic carbocycles. The lowest BCUT2D eigenvalue weighted by Gasteiger charge is -2.41. The largest absolute Gasteiger partial charge is 0.480 e. The minimum absolute atomic E-state index is 0.108. The van der Waals surface area contributed by atoms with E-state index in [9.17, 15) is 22.8 Å². The Morgan fingerprint density at radius 2 is 2.03 bits per heavy atom. The van der Waals surface area contributed by atoms with Gasteiger partial charge in [0.15, 0.2) is 12.1 Å². The highest BCUT2D eigenvalue weighted by atomic mass is 19.4. The second-order valence-electron chi connectivity index (χ2n) is 10.8. The molecule has 3 N–H and O–H groups in total. The summed E-state index contributed by atoms with van der Waals surface area (Å²) in [5.74, 6) is -0.806. The van der Waals surface area contributed by atoms with Crippen LogP contribution in [-0.4, -0.2) is 60.3 Å². The first-order valence-corrected chi connectivity index (χ1v) is 12.6. The van der Waals surface area contributed by atoms with E-state index in [2.05, 4.69) is 10.3 Å². The smallest absolute Gasteiger partial charge is 0.425 e. The summed E-state index contributed by atoms with van der Waals surface area (Å²) in [6, 6.07) is 5.20. The van der Waals surface area contributed by atoms with E-state index >= 15 is 0 Å². The van der Waals surface area contributed by atoms with Gasteiger partial charge < -0.3 is 20.5 Å². The maximum atomic E-state index is 13.5. The number of nitrogens with two attached hydrogens (primary N) is 1. The first-order chi connectivity index (χ1) is 17.4. The minimum atomic E-state index is -4.56. The zero-order chi connectivity index (χ0) is 27.1. The molecule has 204 valence electrons. The number of carbonyl (C=O) groups excluding carboxylic acids is 2. The molecule has 1 fully saturated rings. The zero-order valence-corrected chi connectivity index (χ0v) is 21.5. The van der Waals surface area contributed by atoms with Crippen molar-refractivity contribution in [3.63, 3.8) is 0 Å². The summed E-state index contributed by atoms with van der Waals surface area (Å²) in [5, 5.41) is 2.82. The summed E-state index contributed by atoms with van der Waals surface area (Å²) in [5.41, 5.74) is 6.21. The predicted molar refractivity (Wildman–Crippen MR) is 131 cm³/mol. The zero-order valence-electron chi connectivity index (χ0n) is 21.5. The van der Waals surface area contributed by atoms with E-state index in [1.807, 2.05) is 20.8 Å². The van der Waals surface area contributed by atoms with Gasteiger partial charge in [0.2, 0.25) is 11.8 Å². The van der Waals surface area contributed by atoms with Gasteiger partial charge in [0.1, 0.15) is 5.75 Å². The Labute approximate surface area is 214 Å². The monoisotopic (exact) mass is 524 g/mol. The van der Waals surface area contributed by atoms with Crippen LogP contribution in [0.5, 0.6) is 5.75 Å². The molecule has 1 aromatic rings. The van der Waals surface area contributed by atoms with Crippen LogP contribution in [0.3, 0.4) is 0 Å². The van der Waals surface area contributed by atoms with Gasteiger partial charge in [-0.1, -0.05) is 32.0 Å². The number of carbonyl (C=O) groups is 2. The number of halogens is 3. The summed E-state index contributed by atoms with van der Waals surface area (Å²) in [4.78, 5) is 32.6. The van der Waals surface area contributed by atoms with Crippen molar-refractivity contribution >= 4 is 17.8 Å². The number of para-hydroxylation sites is 1. The van der Waals surface area contributed by atoms with E-state index < -0.39 is 42.2 Å². The van der Waals surface area contributed by atoms with Crippen LogP contribution in [0.4, 0.5) is 13.2 Å². The molecule has 11 heteroatoms. The fourth-order valence-corrected chi connectivity index (χ4v) is 5.31. The number of nitrogens with zero attached hydrogens (tertiary/aromatic N) is 2. The molecule has 4 rings (SSSR count). The van der Waals surface area contributed by atoms with E-state index in [1.54, 1.807) is 25.3 Å². The molecule has 0 bridgehead atoms. The molecule has 37 heavy (non-hydrogen) atoms. The van der Waals surface area contributed by atoms with Crippen LogP contribution in [-0.2, 0) is 14.3 Å². The highest BCUT2D eigenvalue weighted by Crippen LogP contribution is 2.47. The molecule has 1 unspecified atom stereocenters. The Morgan fingerprint density at radius 3 is 2.65 bits per heavy atom. The van der Waals surface area contributed by atoms with Crippen molar-refractivity contribution in [3.8, 4) is 5.75 Å². The van der Waals surface area contributed by atoms with Crippen molar-refractivity contribution in [2.24, 2.45) is 28.5 Å². The standard InChI is InChI=1S/C26H35F3N4O4/c1-14(2)25(3)13-22(34)33(24(30)32-25)19(9-10-36-4)16-11-17(16)23(35)31-18-12-21(26(27,28)29)37-20-8-6-5-7-15(18)20/h5-8,14,16-19,21H,9-13H2,1-4H3,(H2,30,32)(H,31,35)/t16-,17-,18+,19?,21-,25-/m1/s1. The molecule has 1 saturated carbocycles. The summed E-state index contributed by atoms with van der Waals surface area (Å²) in [6.45, 7) is 6.23. The van der Waals surface area contributed by atoms with Gasteiger partial charge in [-0.25, -0.2) is 4.99 Å². The SMILES string of the molecule is COCCC([C@@H]1C[C@H]1C(=O)N[C@H]1C[C@H](C(F)(F)F)Oc2ccccc21)N1C(=O)C[C@](C)(C(C)C)N=C1N. The molecule has 3 aliphatic rings. The number of fused-ring (bicyclic) bond motifs is 1. The lowest BCUT2D eigenvalue weighted by Crippen LogP contribution is -2.57. The lowest BCUT2D eigenvalue weighted by molar-refractivity contribution is -0.201. The van der Waals surface area contributed by atoms with Crippen LogP contribution >= 0.6 is 0 Å². The number of nitrogens with one attached hydrogen (secondary N) is 1. The van der Waals surface area contributed by atoms with Gasteiger partial charge in [-0.3, -0.25) is 14.5 Å². The number of hydrogen-bond donors (Lipinski definition) is 2. The number of ether oxygens (including phenoxy) is 2. The first-order valence-electron chi connectivity index (χ1n) is 12.6. The Kier molecular flexibility index (Phi) is 7.47. The summed E-state index contributed by atoms with van der Waals surface area (Å²) in [6.07, 6.45) is -5.81. The van der Waals surface area contributed by atoms with Crippen molar-refractivity contribution in [3.05, 3.63) is 29.8 Å². The molecule has 2 heterocycles. The van der Waals surface area contributed by atoms with Crippen LogP contribution in [0, 0.1) is 17.8 Å². The van der Waals surface area contributed by atoms with Crippen LogP contribution in [0.2, 0.25) is 0 Å². The van der Waals surface area contributed by atoms with Crippen LogP contribution in [0.1, 0.15) is 58.1 Å². The van der Waals surface area contributed by atoms with E-state index in [0.29, 0.717) is 25.0 Å². The van der Waals surface area contributed by atoms with E-state index in [-0.39, 0.29) is 41.8 Å². The van der Waals surface area contributed by atoms with Crippen molar-refractivity contribution in [1.82, 2.24) is 10.2 Å². The maximum absolute atomic E-state index is 13.5. The highest BCUT2D eigenvalue weighted by Gasteiger charge is 2.53. The van der Waals surface area contributed by atoms with Gasteiger partial charge in [0.05, 0.1) is 18.0 Å². The molecule has 2 aliphatic heterocycles. The summed E-state index contributed by atoms with van der Waals surface area (Å²) in [7, 11) is 1.55. The normalized spacial score (nSPS) is 30.3. The number of hydrogen-bond acceptors (Lipinski definition) is 6. The molecule has 0 aromatic heterocycles. The quantitative estimate of drug-likeness (QED) is 0.541. The molecule has 0 radical (unpaired) electrons. The van der Waals surface area contributed by atoms with Crippen LogP contribution < -0.4 is 15.8 Å². The van der Waals surface area contributed by atoms with E-state index in [1.165, 1.54) is 11.0 Å². The molecule has 2 amide bonds. The third-order valence-corrected chi connectivity index (χ3v) is 7.95. The molecular formula is C26H35F3N4O4. The average Bonchev–Trinajstić information content (AvgIpc) is 3.61. The van der Waals surface area contributed by atoms with Crippen molar-refractivity contribution in [1.29, 1.82) is 0 Å². The fraction of sp³-hybridized carbons (Fsp3) is 0.654. The highest BCUT2D eigenvalue weighted by molar-refractivity contribution is 5.99. The second kappa shape index (κ2) is 10.2. The molecule has 6 atom stereocenters. The number of benzene rings is 1. The first kappa shape index (κ1) is 27.2. The summed E-state index contributed by atoms with van der Waals surface area (Å²) >= 11 is 0. The average molecular weight is 525 g/mol. The van der Waals surface area contributed by atoms with Crippen LogP contribution in [0.15, 0.2) is 29.3 Å². The number of aliphatic imine (C=N–C) groups is 1. The number of alkyl halides is 3. The number of guanidine groups is 1.